The fourth-order valence-corrected chi connectivity index (χ4v) is 4.14. The van der Waals surface area contributed by atoms with E-state index in [4.69, 9.17) is 16.3 Å². The van der Waals surface area contributed by atoms with E-state index in [1.165, 1.54) is 24.6 Å². The van der Waals surface area contributed by atoms with Gasteiger partial charge in [-0.3, -0.25) is 4.68 Å². The van der Waals surface area contributed by atoms with E-state index in [1.807, 2.05) is 10.7 Å². The number of nitrogens with one attached hydrogen (secondary N) is 2. The molecule has 1 saturated carbocycles. The predicted molar refractivity (Wildman–Crippen MR) is 114 cm³/mol. The largest absolute Gasteiger partial charge is 0.371 e. The number of aromatic nitrogens is 2. The summed E-state index contributed by atoms with van der Waals surface area (Å²) in [6.07, 6.45) is 3.52. The average molecular weight is 436 g/mol. The van der Waals surface area contributed by atoms with Crippen LogP contribution in [0.4, 0.5) is 20.7 Å². The highest BCUT2D eigenvalue weighted by atomic mass is 35.5. The van der Waals surface area contributed by atoms with Crippen molar-refractivity contribution in [2.45, 2.75) is 57.9 Å². The van der Waals surface area contributed by atoms with Gasteiger partial charge in [-0.15, -0.1) is 0 Å². The number of hydrogen-bond donors (Lipinski definition) is 2. The first-order valence-corrected chi connectivity index (χ1v) is 10.7. The van der Waals surface area contributed by atoms with E-state index in [1.54, 1.807) is 4.90 Å². The van der Waals surface area contributed by atoms with Gasteiger partial charge in [0.15, 0.2) is 0 Å². The SMILES string of the molecule is CC(C)OC1(CNc2cc3n(n2)CCN(C(=O)Nc2ccc(F)c(Cl)c2)C3)CCC1. The Bertz CT molecular complexity index is 928. The fourth-order valence-electron chi connectivity index (χ4n) is 3.96. The van der Waals surface area contributed by atoms with Gasteiger partial charge < -0.3 is 20.3 Å². The molecule has 0 unspecified atom stereocenters. The number of urea groups is 1. The van der Waals surface area contributed by atoms with Crippen molar-refractivity contribution in [2.75, 3.05) is 23.7 Å². The first-order chi connectivity index (χ1) is 14.3. The Balaban J connectivity index is 1.35. The molecule has 0 atom stereocenters. The van der Waals surface area contributed by atoms with Crippen LogP contribution in [0, 0.1) is 5.82 Å². The summed E-state index contributed by atoms with van der Waals surface area (Å²) < 4.78 is 21.4. The van der Waals surface area contributed by atoms with Gasteiger partial charge in [0.05, 0.1) is 35.5 Å². The quantitative estimate of drug-likeness (QED) is 0.701. The first kappa shape index (κ1) is 20.9. The first-order valence-electron chi connectivity index (χ1n) is 10.3. The van der Waals surface area contributed by atoms with E-state index < -0.39 is 5.82 Å². The van der Waals surface area contributed by atoms with Gasteiger partial charge in [0.25, 0.3) is 0 Å². The molecule has 0 bridgehead atoms. The number of carbonyl (C=O) groups is 1. The topological polar surface area (TPSA) is 71.4 Å². The van der Waals surface area contributed by atoms with Crippen molar-refractivity contribution in [1.29, 1.82) is 0 Å². The molecule has 2 heterocycles. The normalized spacial score (nSPS) is 17.4. The summed E-state index contributed by atoms with van der Waals surface area (Å²) in [7, 11) is 0. The van der Waals surface area contributed by atoms with Crippen LogP contribution in [0.2, 0.25) is 5.02 Å². The van der Waals surface area contributed by atoms with Gasteiger partial charge in [0, 0.05) is 24.8 Å². The second-order valence-corrected chi connectivity index (χ2v) is 8.69. The van der Waals surface area contributed by atoms with Crippen LogP contribution < -0.4 is 10.6 Å². The van der Waals surface area contributed by atoms with Crippen LogP contribution in [0.25, 0.3) is 0 Å². The number of nitrogens with zero attached hydrogens (tertiary/aromatic N) is 3. The Labute approximate surface area is 180 Å². The lowest BCUT2D eigenvalue weighted by atomic mass is 9.79. The number of carbonyl (C=O) groups excluding carboxylic acids is 1. The maximum Gasteiger partial charge on any atom is 0.322 e. The highest BCUT2D eigenvalue weighted by molar-refractivity contribution is 6.31. The van der Waals surface area contributed by atoms with Crippen molar-refractivity contribution in [2.24, 2.45) is 0 Å². The van der Waals surface area contributed by atoms with Crippen LogP contribution >= 0.6 is 11.6 Å². The lowest BCUT2D eigenvalue weighted by Gasteiger charge is -2.43. The molecule has 0 saturated heterocycles. The Kier molecular flexibility index (Phi) is 5.88. The van der Waals surface area contributed by atoms with Crippen molar-refractivity contribution in [3.8, 4) is 0 Å². The molecule has 1 aromatic carbocycles. The molecule has 2 N–H and O–H groups in total. The van der Waals surface area contributed by atoms with Gasteiger partial charge >= 0.3 is 6.03 Å². The van der Waals surface area contributed by atoms with Gasteiger partial charge in [-0.25, -0.2) is 9.18 Å². The molecule has 7 nitrogen and oxygen atoms in total. The van der Waals surface area contributed by atoms with Crippen molar-refractivity contribution >= 4 is 29.1 Å². The molecule has 1 aliphatic carbocycles. The van der Waals surface area contributed by atoms with E-state index >= 15 is 0 Å². The van der Waals surface area contributed by atoms with Crippen LogP contribution in [0.1, 0.15) is 38.8 Å². The summed E-state index contributed by atoms with van der Waals surface area (Å²) in [6, 6.07) is 5.86. The van der Waals surface area contributed by atoms with E-state index in [-0.39, 0.29) is 22.8 Å². The average Bonchev–Trinajstić information content (AvgIpc) is 3.08. The molecule has 2 amide bonds. The van der Waals surface area contributed by atoms with Crippen LogP contribution in [0.5, 0.6) is 0 Å². The molecule has 0 spiro atoms. The zero-order valence-corrected chi connectivity index (χ0v) is 18.0. The highest BCUT2D eigenvalue weighted by Gasteiger charge is 2.39. The van der Waals surface area contributed by atoms with E-state index in [0.717, 1.165) is 30.9 Å². The van der Waals surface area contributed by atoms with Gasteiger partial charge in [-0.1, -0.05) is 11.6 Å². The number of anilines is 2. The summed E-state index contributed by atoms with van der Waals surface area (Å²) in [5.74, 6) is 0.287. The Hall–Kier alpha value is -2.32. The summed E-state index contributed by atoms with van der Waals surface area (Å²) in [6.45, 7) is 6.46. The van der Waals surface area contributed by atoms with Crippen molar-refractivity contribution in [3.63, 3.8) is 0 Å². The second-order valence-electron chi connectivity index (χ2n) is 8.28. The third-order valence-corrected chi connectivity index (χ3v) is 5.89. The summed E-state index contributed by atoms with van der Waals surface area (Å²) in [5.41, 5.74) is 1.33. The molecular weight excluding hydrogens is 409 g/mol. The lowest BCUT2D eigenvalue weighted by Crippen LogP contribution is -2.47. The minimum absolute atomic E-state index is 0.0223. The minimum Gasteiger partial charge on any atom is -0.371 e. The van der Waals surface area contributed by atoms with E-state index in [0.29, 0.717) is 25.3 Å². The number of hydrogen-bond acceptors (Lipinski definition) is 4. The molecule has 1 fully saturated rings. The van der Waals surface area contributed by atoms with Gasteiger partial charge in [-0.05, 0) is 51.3 Å². The number of amides is 2. The van der Waals surface area contributed by atoms with Crippen LogP contribution in [0.15, 0.2) is 24.3 Å². The lowest BCUT2D eigenvalue weighted by molar-refractivity contribution is -0.118. The third kappa shape index (κ3) is 4.54. The molecule has 1 aromatic heterocycles. The minimum atomic E-state index is -0.515. The molecule has 9 heteroatoms. The molecule has 4 rings (SSSR count). The second kappa shape index (κ2) is 8.43. The van der Waals surface area contributed by atoms with E-state index in [2.05, 4.69) is 29.6 Å². The number of fused-ring (bicyclic) bond motifs is 1. The highest BCUT2D eigenvalue weighted by Crippen LogP contribution is 2.37. The summed E-state index contributed by atoms with van der Waals surface area (Å²) in [5, 5.41) is 10.8. The fraction of sp³-hybridized carbons (Fsp3) is 0.524. The zero-order chi connectivity index (χ0) is 21.3. The van der Waals surface area contributed by atoms with Crippen molar-refractivity contribution in [3.05, 3.63) is 40.8 Å². The maximum absolute atomic E-state index is 13.3. The van der Waals surface area contributed by atoms with Crippen molar-refractivity contribution in [1.82, 2.24) is 14.7 Å². The smallest absolute Gasteiger partial charge is 0.322 e. The molecule has 2 aromatic rings. The van der Waals surface area contributed by atoms with Crippen LogP contribution in [0.3, 0.4) is 0 Å². The monoisotopic (exact) mass is 435 g/mol. The van der Waals surface area contributed by atoms with Gasteiger partial charge in [-0.2, -0.15) is 5.10 Å². The Morgan fingerprint density at radius 3 is 2.80 bits per heavy atom. The molecule has 2 aliphatic rings. The Morgan fingerprint density at radius 1 is 1.33 bits per heavy atom. The number of benzene rings is 1. The number of rotatable bonds is 6. The number of halogens is 2. The summed E-state index contributed by atoms with van der Waals surface area (Å²) >= 11 is 5.79. The molecule has 30 heavy (non-hydrogen) atoms. The van der Waals surface area contributed by atoms with Crippen LogP contribution in [-0.2, 0) is 17.8 Å². The predicted octanol–water partition coefficient (Wildman–Crippen LogP) is 4.48. The van der Waals surface area contributed by atoms with Gasteiger partial charge in [0.2, 0.25) is 0 Å². The van der Waals surface area contributed by atoms with E-state index in [9.17, 15) is 9.18 Å². The van der Waals surface area contributed by atoms with Crippen LogP contribution in [-0.4, -0.2) is 45.5 Å². The molecule has 0 radical (unpaired) electrons. The Morgan fingerprint density at radius 2 is 2.13 bits per heavy atom. The third-order valence-electron chi connectivity index (χ3n) is 5.60. The van der Waals surface area contributed by atoms with Crippen molar-refractivity contribution < 1.29 is 13.9 Å². The summed E-state index contributed by atoms with van der Waals surface area (Å²) in [4.78, 5) is 14.3. The maximum atomic E-state index is 13.3. The molecule has 1 aliphatic heterocycles. The number of ether oxygens (including phenoxy) is 1. The molecule has 162 valence electrons. The molecular formula is C21H27ClFN5O2. The van der Waals surface area contributed by atoms with Gasteiger partial charge in [0.1, 0.15) is 11.6 Å². The zero-order valence-electron chi connectivity index (χ0n) is 17.3. The standard InChI is InChI=1S/C21H27ClFN5O2/c1-14(2)30-21(6-3-7-21)13-24-19-11-16-12-27(8-9-28(16)26-19)20(29)25-15-4-5-18(23)17(22)10-15/h4-5,10-11,14H,3,6-9,12-13H2,1-2H3,(H,24,26)(H,25,29).